The van der Waals surface area contributed by atoms with Gasteiger partial charge < -0.3 is 15.0 Å². The molecular weight excluding hydrogens is 338 g/mol. The van der Waals surface area contributed by atoms with Gasteiger partial charge in [-0.1, -0.05) is 30.3 Å². The molecule has 1 N–H and O–H groups in total. The van der Waals surface area contributed by atoms with Crippen molar-refractivity contribution in [1.82, 2.24) is 9.80 Å². The number of benzene rings is 2. The van der Waals surface area contributed by atoms with Gasteiger partial charge in [-0.2, -0.15) is 0 Å². The molecule has 0 spiro atoms. The molecule has 5 heteroatoms. The predicted molar refractivity (Wildman–Crippen MR) is 110 cm³/mol. The van der Waals surface area contributed by atoms with Crippen LogP contribution in [-0.4, -0.2) is 62.6 Å². The van der Waals surface area contributed by atoms with Gasteiger partial charge in [-0.15, -0.1) is 0 Å². The highest BCUT2D eigenvalue weighted by Gasteiger charge is 2.22. The van der Waals surface area contributed by atoms with Crippen LogP contribution in [-0.2, 0) is 6.42 Å². The van der Waals surface area contributed by atoms with Crippen molar-refractivity contribution in [2.45, 2.75) is 12.8 Å². The normalized spacial score (nSPS) is 14.8. The summed E-state index contributed by atoms with van der Waals surface area (Å²) in [6.07, 6.45) is 2.26. The highest BCUT2D eigenvalue weighted by Crippen LogP contribution is 2.25. The molecule has 1 heterocycles. The van der Waals surface area contributed by atoms with Crippen LogP contribution in [0.3, 0.4) is 0 Å². The summed E-state index contributed by atoms with van der Waals surface area (Å²) in [5.41, 5.74) is 2.96. The lowest BCUT2D eigenvalue weighted by atomic mass is 10.1. The van der Waals surface area contributed by atoms with Crippen LogP contribution in [0, 0.1) is 0 Å². The summed E-state index contributed by atoms with van der Waals surface area (Å²) in [5, 5.41) is 3.07. The summed E-state index contributed by atoms with van der Waals surface area (Å²) in [6.45, 7) is 4.51. The lowest BCUT2D eigenvalue weighted by molar-refractivity contribution is 0.0636. The van der Waals surface area contributed by atoms with Crippen molar-refractivity contribution in [2.24, 2.45) is 0 Å². The highest BCUT2D eigenvalue weighted by atomic mass is 16.5. The van der Waals surface area contributed by atoms with Gasteiger partial charge in [-0.3, -0.25) is 9.69 Å². The maximum Gasteiger partial charge on any atom is 0.254 e. The monoisotopic (exact) mass is 367 g/mol. The molecule has 1 aliphatic heterocycles. The van der Waals surface area contributed by atoms with E-state index < -0.39 is 0 Å². The van der Waals surface area contributed by atoms with Gasteiger partial charge in [0.05, 0.1) is 12.8 Å². The molecule has 3 rings (SSSR count). The number of methoxy groups -OCH3 is 1. The molecule has 2 aromatic rings. The van der Waals surface area contributed by atoms with Crippen molar-refractivity contribution in [3.05, 3.63) is 59.7 Å². The molecule has 0 aliphatic carbocycles. The molecule has 1 amide bonds. The third-order valence-electron chi connectivity index (χ3n) is 5.16. The Balaban J connectivity index is 1.48. The molecule has 27 heavy (non-hydrogen) atoms. The summed E-state index contributed by atoms with van der Waals surface area (Å²) in [6, 6.07) is 16.2. The summed E-state index contributed by atoms with van der Waals surface area (Å²) in [5.74, 6) is 0.780. The Kier molecular flexibility index (Phi) is 6.71. The van der Waals surface area contributed by atoms with Crippen LogP contribution in [0.25, 0.3) is 0 Å². The number of anilines is 1. The van der Waals surface area contributed by atoms with E-state index in [0.717, 1.165) is 51.3 Å². The Labute approximate surface area is 161 Å². The lowest BCUT2D eigenvalue weighted by Crippen LogP contribution is -2.48. The first-order chi connectivity index (χ1) is 13.2. The minimum absolute atomic E-state index is 0.0832. The highest BCUT2D eigenvalue weighted by molar-refractivity contribution is 5.95. The van der Waals surface area contributed by atoms with Crippen LogP contribution in [0.1, 0.15) is 22.3 Å². The van der Waals surface area contributed by atoms with Gasteiger partial charge in [-0.05, 0) is 43.1 Å². The van der Waals surface area contributed by atoms with Crippen LogP contribution in [0.2, 0.25) is 0 Å². The number of rotatable bonds is 7. The zero-order valence-electron chi connectivity index (χ0n) is 16.3. The Morgan fingerprint density at radius 3 is 2.48 bits per heavy atom. The topological polar surface area (TPSA) is 44.8 Å². The molecule has 0 radical (unpaired) electrons. The fourth-order valence-electron chi connectivity index (χ4n) is 3.54. The van der Waals surface area contributed by atoms with Crippen molar-refractivity contribution in [3.63, 3.8) is 0 Å². The van der Waals surface area contributed by atoms with E-state index in [1.54, 1.807) is 7.11 Å². The van der Waals surface area contributed by atoms with Crippen LogP contribution in [0.5, 0.6) is 5.75 Å². The Bertz CT molecular complexity index is 740. The molecule has 0 bridgehead atoms. The molecule has 0 saturated carbocycles. The average molecular weight is 367 g/mol. The molecular formula is C22H29N3O2. The van der Waals surface area contributed by atoms with E-state index >= 15 is 0 Å². The second-order valence-electron chi connectivity index (χ2n) is 6.89. The number of piperazine rings is 1. The van der Waals surface area contributed by atoms with Crippen molar-refractivity contribution in [2.75, 3.05) is 52.2 Å². The number of hydrogen-bond acceptors (Lipinski definition) is 4. The zero-order valence-corrected chi connectivity index (χ0v) is 16.3. The van der Waals surface area contributed by atoms with Crippen molar-refractivity contribution in [3.8, 4) is 5.75 Å². The molecule has 1 fully saturated rings. The number of carbonyl (C=O) groups is 1. The van der Waals surface area contributed by atoms with E-state index in [-0.39, 0.29) is 5.91 Å². The predicted octanol–water partition coefficient (Wildman–Crippen LogP) is 3.13. The summed E-state index contributed by atoms with van der Waals surface area (Å²) in [7, 11) is 3.47. The number of amides is 1. The first kappa shape index (κ1) is 19.2. The van der Waals surface area contributed by atoms with Crippen LogP contribution in [0.15, 0.2) is 48.5 Å². The average Bonchev–Trinajstić information content (AvgIpc) is 2.74. The minimum Gasteiger partial charge on any atom is -0.495 e. The molecule has 0 unspecified atom stereocenters. The van der Waals surface area contributed by atoms with Crippen LogP contribution in [0.4, 0.5) is 5.69 Å². The summed E-state index contributed by atoms with van der Waals surface area (Å²) < 4.78 is 5.37. The third-order valence-corrected chi connectivity index (χ3v) is 5.16. The van der Waals surface area contributed by atoms with E-state index in [2.05, 4.69) is 40.5 Å². The largest absolute Gasteiger partial charge is 0.495 e. The standard InChI is InChI=1S/C22H29N3O2/c1-23-20-11-10-19(17-21(20)27-2)22(26)25-15-13-24(14-16-25)12-6-9-18-7-4-3-5-8-18/h3-5,7-8,10-11,17,23H,6,9,12-16H2,1-2H3. The smallest absolute Gasteiger partial charge is 0.254 e. The Morgan fingerprint density at radius 1 is 1.07 bits per heavy atom. The van der Waals surface area contributed by atoms with E-state index in [0.29, 0.717) is 11.3 Å². The molecule has 0 atom stereocenters. The number of ether oxygens (including phenoxy) is 1. The maximum absolute atomic E-state index is 12.8. The van der Waals surface area contributed by atoms with E-state index in [4.69, 9.17) is 4.74 Å². The van der Waals surface area contributed by atoms with Crippen LogP contribution >= 0.6 is 0 Å². The van der Waals surface area contributed by atoms with Gasteiger partial charge in [-0.25, -0.2) is 0 Å². The quantitative estimate of drug-likeness (QED) is 0.817. The first-order valence-corrected chi connectivity index (χ1v) is 9.62. The number of hydrogen-bond donors (Lipinski definition) is 1. The van der Waals surface area contributed by atoms with Gasteiger partial charge in [0, 0.05) is 38.8 Å². The van der Waals surface area contributed by atoms with Gasteiger partial charge >= 0.3 is 0 Å². The van der Waals surface area contributed by atoms with E-state index in [1.807, 2.05) is 30.1 Å². The van der Waals surface area contributed by atoms with E-state index in [9.17, 15) is 4.79 Å². The third kappa shape index (κ3) is 5.01. The van der Waals surface area contributed by atoms with Crippen molar-refractivity contribution < 1.29 is 9.53 Å². The summed E-state index contributed by atoms with van der Waals surface area (Å²) in [4.78, 5) is 17.2. The zero-order chi connectivity index (χ0) is 19.1. The Hall–Kier alpha value is -2.53. The van der Waals surface area contributed by atoms with Crippen molar-refractivity contribution in [1.29, 1.82) is 0 Å². The SMILES string of the molecule is CNc1ccc(C(=O)N2CCN(CCCc3ccccc3)CC2)cc1OC. The first-order valence-electron chi connectivity index (χ1n) is 9.62. The molecule has 144 valence electrons. The molecule has 1 saturated heterocycles. The second kappa shape index (κ2) is 9.42. The summed E-state index contributed by atoms with van der Waals surface area (Å²) >= 11 is 0. The number of carbonyl (C=O) groups excluding carboxylic acids is 1. The number of aryl methyl sites for hydroxylation is 1. The van der Waals surface area contributed by atoms with E-state index in [1.165, 1.54) is 5.56 Å². The molecule has 5 nitrogen and oxygen atoms in total. The van der Waals surface area contributed by atoms with Gasteiger partial charge in [0.1, 0.15) is 5.75 Å². The second-order valence-corrected chi connectivity index (χ2v) is 6.89. The molecule has 1 aliphatic rings. The van der Waals surface area contributed by atoms with Gasteiger partial charge in [0.15, 0.2) is 0 Å². The maximum atomic E-state index is 12.8. The molecule has 0 aromatic heterocycles. The number of nitrogens with one attached hydrogen (secondary N) is 1. The fourth-order valence-corrected chi connectivity index (χ4v) is 3.54. The number of nitrogens with zero attached hydrogens (tertiary/aromatic N) is 2. The lowest BCUT2D eigenvalue weighted by Gasteiger charge is -2.34. The fraction of sp³-hybridized carbons (Fsp3) is 0.409. The molecule has 2 aromatic carbocycles. The van der Waals surface area contributed by atoms with Crippen LogP contribution < -0.4 is 10.1 Å². The van der Waals surface area contributed by atoms with Crippen molar-refractivity contribution >= 4 is 11.6 Å². The van der Waals surface area contributed by atoms with Gasteiger partial charge in [0.25, 0.3) is 5.91 Å². The van der Waals surface area contributed by atoms with Gasteiger partial charge in [0.2, 0.25) is 0 Å². The minimum atomic E-state index is 0.0832. The Morgan fingerprint density at radius 2 is 1.81 bits per heavy atom.